The summed E-state index contributed by atoms with van der Waals surface area (Å²) >= 11 is 0. The minimum Gasteiger partial charge on any atom is -0.497 e. The van der Waals surface area contributed by atoms with Gasteiger partial charge in [0.15, 0.2) is 0 Å². The first kappa shape index (κ1) is 20.1. The first-order valence-electron chi connectivity index (χ1n) is 9.39. The molecule has 1 saturated heterocycles. The van der Waals surface area contributed by atoms with Crippen molar-refractivity contribution in [3.05, 3.63) is 60.2 Å². The van der Waals surface area contributed by atoms with Crippen molar-refractivity contribution in [2.45, 2.75) is 31.2 Å². The summed E-state index contributed by atoms with van der Waals surface area (Å²) in [6, 6.07) is 16.6. The fourth-order valence-corrected chi connectivity index (χ4v) is 6.74. The van der Waals surface area contributed by atoms with Gasteiger partial charge in [-0.1, -0.05) is 50.0 Å². The number of hydrogen-bond acceptors (Lipinski definition) is 4. The molecule has 0 aromatic heterocycles. The van der Waals surface area contributed by atoms with E-state index in [1.807, 2.05) is 18.2 Å². The summed E-state index contributed by atoms with van der Waals surface area (Å²) in [7, 11) is 1.15. The van der Waals surface area contributed by atoms with Gasteiger partial charge in [0.1, 0.15) is 11.8 Å². The molecule has 1 amide bonds. The third-order valence-electron chi connectivity index (χ3n) is 5.39. The fourth-order valence-electron chi connectivity index (χ4n) is 4.15. The number of anilines is 1. The Kier molecular flexibility index (Phi) is 5.61. The average Bonchev–Trinajstić information content (AvgIpc) is 2.69. The molecule has 1 heterocycles. The SMILES string of the molecule is COC(=O)[C@H]1[C@@H]([C@@H](c2ccccc2)[Si](C)(C)C)C(=O)N1c1ccc(OC)cc1. The summed E-state index contributed by atoms with van der Waals surface area (Å²) in [5.41, 5.74) is 1.82. The summed E-state index contributed by atoms with van der Waals surface area (Å²) in [6.07, 6.45) is 0. The highest BCUT2D eigenvalue weighted by Gasteiger charge is 2.58. The van der Waals surface area contributed by atoms with Crippen molar-refractivity contribution < 1.29 is 19.1 Å². The van der Waals surface area contributed by atoms with Crippen LogP contribution in [-0.4, -0.2) is 40.2 Å². The molecule has 28 heavy (non-hydrogen) atoms. The Balaban J connectivity index is 2.02. The normalized spacial score (nSPS) is 20.3. The van der Waals surface area contributed by atoms with E-state index in [9.17, 15) is 9.59 Å². The number of ether oxygens (including phenoxy) is 2. The van der Waals surface area contributed by atoms with Crippen LogP contribution in [0.1, 0.15) is 11.1 Å². The van der Waals surface area contributed by atoms with Crippen molar-refractivity contribution in [3.8, 4) is 5.75 Å². The molecule has 0 aliphatic carbocycles. The summed E-state index contributed by atoms with van der Waals surface area (Å²) in [6.45, 7) is 6.72. The lowest BCUT2D eigenvalue weighted by atomic mass is 9.81. The van der Waals surface area contributed by atoms with Crippen LogP contribution in [0, 0.1) is 5.92 Å². The van der Waals surface area contributed by atoms with E-state index < -0.39 is 20.0 Å². The molecular weight excluding hydrogens is 370 g/mol. The van der Waals surface area contributed by atoms with Crippen LogP contribution < -0.4 is 9.64 Å². The minimum absolute atomic E-state index is 0.0276. The molecule has 0 saturated carbocycles. The zero-order chi connectivity index (χ0) is 20.5. The molecule has 6 heteroatoms. The van der Waals surface area contributed by atoms with Crippen LogP contribution in [0.5, 0.6) is 5.75 Å². The molecule has 0 unspecified atom stereocenters. The number of amides is 1. The van der Waals surface area contributed by atoms with Crippen molar-refractivity contribution in [1.82, 2.24) is 0 Å². The second-order valence-corrected chi connectivity index (χ2v) is 13.5. The molecule has 1 fully saturated rings. The number of carbonyl (C=O) groups is 2. The molecule has 5 nitrogen and oxygen atoms in total. The zero-order valence-electron chi connectivity index (χ0n) is 17.0. The van der Waals surface area contributed by atoms with Crippen LogP contribution in [-0.2, 0) is 14.3 Å². The Labute approximate surface area is 167 Å². The molecule has 3 atom stereocenters. The molecule has 148 valence electrons. The van der Waals surface area contributed by atoms with E-state index in [1.54, 1.807) is 36.3 Å². The van der Waals surface area contributed by atoms with Crippen LogP contribution in [0.4, 0.5) is 5.69 Å². The predicted octanol–water partition coefficient (Wildman–Crippen LogP) is 3.86. The number of methoxy groups -OCH3 is 2. The molecule has 0 bridgehead atoms. The van der Waals surface area contributed by atoms with E-state index >= 15 is 0 Å². The lowest BCUT2D eigenvalue weighted by Gasteiger charge is -2.51. The second-order valence-electron chi connectivity index (χ2n) is 8.15. The largest absolute Gasteiger partial charge is 0.497 e. The van der Waals surface area contributed by atoms with Gasteiger partial charge in [-0.15, -0.1) is 0 Å². The summed E-state index contributed by atoms with van der Waals surface area (Å²) < 4.78 is 10.3. The van der Waals surface area contributed by atoms with E-state index in [1.165, 1.54) is 7.11 Å². The van der Waals surface area contributed by atoms with Gasteiger partial charge in [-0.25, -0.2) is 4.79 Å². The van der Waals surface area contributed by atoms with Crippen LogP contribution in [0.25, 0.3) is 0 Å². The van der Waals surface area contributed by atoms with Gasteiger partial charge < -0.3 is 9.47 Å². The second kappa shape index (κ2) is 7.79. The first-order valence-corrected chi connectivity index (χ1v) is 13.0. The molecule has 0 N–H and O–H groups in total. The molecule has 2 aromatic carbocycles. The third kappa shape index (κ3) is 3.56. The van der Waals surface area contributed by atoms with Crippen molar-refractivity contribution in [2.24, 2.45) is 5.92 Å². The van der Waals surface area contributed by atoms with Crippen molar-refractivity contribution in [2.75, 3.05) is 19.1 Å². The van der Waals surface area contributed by atoms with Gasteiger partial charge in [0.2, 0.25) is 5.91 Å². The van der Waals surface area contributed by atoms with Gasteiger partial charge in [0.05, 0.1) is 28.2 Å². The average molecular weight is 398 g/mol. The van der Waals surface area contributed by atoms with Crippen LogP contribution >= 0.6 is 0 Å². The van der Waals surface area contributed by atoms with Crippen molar-refractivity contribution in [1.29, 1.82) is 0 Å². The molecule has 0 spiro atoms. The maximum Gasteiger partial charge on any atom is 0.329 e. The highest BCUT2D eigenvalue weighted by molar-refractivity contribution is 6.78. The number of nitrogens with zero attached hydrogens (tertiary/aromatic N) is 1. The Bertz CT molecular complexity index is 845. The lowest BCUT2D eigenvalue weighted by molar-refractivity contribution is -0.152. The van der Waals surface area contributed by atoms with Crippen molar-refractivity contribution in [3.63, 3.8) is 0 Å². The van der Waals surface area contributed by atoms with Crippen LogP contribution in [0.3, 0.4) is 0 Å². The number of carbonyl (C=O) groups excluding carboxylic acids is 2. The van der Waals surface area contributed by atoms with E-state index in [2.05, 4.69) is 31.8 Å². The standard InChI is InChI=1S/C22H27NO4Si/c1-26-17-13-11-16(12-14-17)23-19(22(25)27-2)18(21(23)24)20(28(3,4)5)15-9-7-6-8-10-15/h6-14,18-20H,1-5H3/t18-,19+,20+/m0/s1. The molecule has 1 aliphatic rings. The Hall–Kier alpha value is -2.60. The third-order valence-corrected chi connectivity index (χ3v) is 7.94. The highest BCUT2D eigenvalue weighted by Crippen LogP contribution is 2.46. The molecule has 0 radical (unpaired) electrons. The van der Waals surface area contributed by atoms with E-state index in [4.69, 9.17) is 9.47 Å². The monoisotopic (exact) mass is 397 g/mol. The number of β-lactam (4-membered cyclic amide) rings is 1. The summed E-state index contributed by atoms with van der Waals surface area (Å²) in [5.74, 6) is -0.118. The number of hydrogen-bond donors (Lipinski definition) is 0. The summed E-state index contributed by atoms with van der Waals surface area (Å²) in [5, 5.41) is 0. The van der Waals surface area contributed by atoms with Crippen molar-refractivity contribution >= 4 is 25.6 Å². The molecule has 1 aliphatic heterocycles. The van der Waals surface area contributed by atoms with E-state index in [-0.39, 0.29) is 17.4 Å². The molecule has 3 rings (SSSR count). The molecule has 2 aromatic rings. The Morgan fingerprint density at radius 2 is 1.61 bits per heavy atom. The Morgan fingerprint density at radius 3 is 2.11 bits per heavy atom. The zero-order valence-corrected chi connectivity index (χ0v) is 18.0. The smallest absolute Gasteiger partial charge is 0.329 e. The van der Waals surface area contributed by atoms with E-state index in [0.717, 1.165) is 5.56 Å². The number of benzene rings is 2. The lowest BCUT2D eigenvalue weighted by Crippen LogP contribution is -2.68. The van der Waals surface area contributed by atoms with Gasteiger partial charge in [0.25, 0.3) is 0 Å². The Morgan fingerprint density at radius 1 is 1.00 bits per heavy atom. The van der Waals surface area contributed by atoms with Gasteiger partial charge in [0, 0.05) is 5.69 Å². The fraction of sp³-hybridized carbons (Fsp3) is 0.364. The highest BCUT2D eigenvalue weighted by atomic mass is 28.3. The van der Waals surface area contributed by atoms with E-state index in [0.29, 0.717) is 11.4 Å². The van der Waals surface area contributed by atoms with Gasteiger partial charge in [-0.3, -0.25) is 9.69 Å². The number of esters is 1. The van der Waals surface area contributed by atoms with Crippen LogP contribution in [0.2, 0.25) is 19.6 Å². The predicted molar refractivity (Wildman–Crippen MR) is 112 cm³/mol. The topological polar surface area (TPSA) is 55.8 Å². The van der Waals surface area contributed by atoms with Gasteiger partial charge in [-0.2, -0.15) is 0 Å². The maximum absolute atomic E-state index is 13.3. The van der Waals surface area contributed by atoms with Gasteiger partial charge in [-0.05, 0) is 35.4 Å². The summed E-state index contributed by atoms with van der Waals surface area (Å²) in [4.78, 5) is 27.6. The first-order chi connectivity index (χ1) is 13.3. The maximum atomic E-state index is 13.3. The van der Waals surface area contributed by atoms with Crippen LogP contribution in [0.15, 0.2) is 54.6 Å². The minimum atomic E-state index is -1.82. The molecular formula is C22H27NO4Si. The number of rotatable bonds is 6. The van der Waals surface area contributed by atoms with Gasteiger partial charge >= 0.3 is 5.97 Å². The quantitative estimate of drug-likeness (QED) is 0.422.